The van der Waals surface area contributed by atoms with Gasteiger partial charge in [0.2, 0.25) is 5.91 Å². The predicted molar refractivity (Wildman–Crippen MR) is 84.6 cm³/mol. The van der Waals surface area contributed by atoms with Crippen molar-refractivity contribution in [2.45, 2.75) is 65.3 Å². The van der Waals surface area contributed by atoms with Gasteiger partial charge in [-0.2, -0.15) is 0 Å². The number of amides is 1. The van der Waals surface area contributed by atoms with Crippen molar-refractivity contribution in [3.63, 3.8) is 0 Å². The van der Waals surface area contributed by atoms with Crippen LogP contribution in [0.3, 0.4) is 0 Å². The minimum Gasteiger partial charge on any atom is -0.383 e. The van der Waals surface area contributed by atoms with Gasteiger partial charge in [0.15, 0.2) is 0 Å². The number of nitrogens with zero attached hydrogens (tertiary/aromatic N) is 1. The molecule has 0 aromatic rings. The molecule has 0 fully saturated rings. The zero-order valence-corrected chi connectivity index (χ0v) is 13.9. The van der Waals surface area contributed by atoms with Crippen LogP contribution in [0, 0.1) is 5.92 Å². The van der Waals surface area contributed by atoms with Crippen LogP contribution in [-0.2, 0) is 9.53 Å². The van der Waals surface area contributed by atoms with Crippen LogP contribution in [0.4, 0.5) is 0 Å². The van der Waals surface area contributed by atoms with Gasteiger partial charge in [-0.15, -0.1) is 0 Å². The van der Waals surface area contributed by atoms with Crippen LogP contribution in [0.5, 0.6) is 0 Å². The molecule has 0 saturated carbocycles. The van der Waals surface area contributed by atoms with Crippen molar-refractivity contribution in [3.05, 3.63) is 0 Å². The van der Waals surface area contributed by atoms with Gasteiger partial charge in [-0.25, -0.2) is 0 Å². The molecule has 20 heavy (non-hydrogen) atoms. The van der Waals surface area contributed by atoms with Crippen LogP contribution in [0.1, 0.15) is 59.3 Å². The van der Waals surface area contributed by atoms with E-state index in [4.69, 9.17) is 10.5 Å². The molecule has 0 saturated heterocycles. The molecule has 4 heteroatoms. The molecule has 0 aromatic heterocycles. The van der Waals surface area contributed by atoms with E-state index in [2.05, 4.69) is 20.8 Å². The summed E-state index contributed by atoms with van der Waals surface area (Å²) < 4.78 is 5.11. The van der Waals surface area contributed by atoms with Gasteiger partial charge in [0.25, 0.3) is 0 Å². The molecule has 0 bridgehead atoms. The minimum absolute atomic E-state index is 0.259. The minimum atomic E-state index is 0.259. The van der Waals surface area contributed by atoms with Gasteiger partial charge in [0.1, 0.15) is 0 Å². The van der Waals surface area contributed by atoms with Crippen molar-refractivity contribution in [3.8, 4) is 0 Å². The number of hydrogen-bond acceptors (Lipinski definition) is 3. The lowest BCUT2D eigenvalue weighted by atomic mass is 9.94. The molecule has 120 valence electrons. The maximum Gasteiger partial charge on any atom is 0.222 e. The highest BCUT2D eigenvalue weighted by Gasteiger charge is 2.19. The number of methoxy groups -OCH3 is 1. The van der Waals surface area contributed by atoms with Crippen LogP contribution in [0.25, 0.3) is 0 Å². The quantitative estimate of drug-likeness (QED) is 0.600. The van der Waals surface area contributed by atoms with Gasteiger partial charge in [0, 0.05) is 26.1 Å². The van der Waals surface area contributed by atoms with Gasteiger partial charge in [-0.05, 0) is 38.6 Å². The summed E-state index contributed by atoms with van der Waals surface area (Å²) >= 11 is 0. The summed E-state index contributed by atoms with van der Waals surface area (Å²) in [6.45, 7) is 8.44. The topological polar surface area (TPSA) is 55.6 Å². The molecule has 1 amide bonds. The molecule has 2 atom stereocenters. The average Bonchev–Trinajstić information content (AvgIpc) is 2.45. The standard InChI is InChI=1S/C16H34N2O2/c1-5-7-15(10-11-17)8-9-16(19)18(12-13-20-4)14(3)6-2/h14-15H,5-13,17H2,1-4H3. The normalized spacial score (nSPS) is 14.1. The van der Waals surface area contributed by atoms with Gasteiger partial charge in [-0.1, -0.05) is 26.7 Å². The summed E-state index contributed by atoms with van der Waals surface area (Å²) in [5.74, 6) is 0.852. The molecule has 0 aromatic carbocycles. The van der Waals surface area contributed by atoms with E-state index in [9.17, 15) is 4.79 Å². The molecule has 0 aliphatic carbocycles. The third kappa shape index (κ3) is 7.85. The summed E-state index contributed by atoms with van der Waals surface area (Å²) in [4.78, 5) is 14.4. The van der Waals surface area contributed by atoms with Crippen LogP contribution >= 0.6 is 0 Å². The Bertz CT molecular complexity index is 241. The van der Waals surface area contributed by atoms with Crippen molar-refractivity contribution in [1.29, 1.82) is 0 Å². The van der Waals surface area contributed by atoms with Crippen molar-refractivity contribution in [2.24, 2.45) is 11.7 Å². The molecule has 0 radical (unpaired) electrons. The van der Waals surface area contributed by atoms with Crippen LogP contribution in [0.15, 0.2) is 0 Å². The Morgan fingerprint density at radius 3 is 2.45 bits per heavy atom. The molecule has 0 aliphatic heterocycles. The fourth-order valence-electron chi connectivity index (χ4n) is 2.55. The highest BCUT2D eigenvalue weighted by atomic mass is 16.5. The Labute approximate surface area is 125 Å². The highest BCUT2D eigenvalue weighted by molar-refractivity contribution is 5.76. The molecule has 2 unspecified atom stereocenters. The summed E-state index contributed by atoms with van der Waals surface area (Å²) in [5.41, 5.74) is 5.65. The lowest BCUT2D eigenvalue weighted by Crippen LogP contribution is -2.40. The molecule has 4 nitrogen and oxygen atoms in total. The van der Waals surface area contributed by atoms with E-state index >= 15 is 0 Å². The molecule has 2 N–H and O–H groups in total. The second kappa shape index (κ2) is 12.2. The molecule has 0 rings (SSSR count). The fraction of sp³-hybridized carbons (Fsp3) is 0.938. The summed E-state index contributed by atoms with van der Waals surface area (Å²) in [6.07, 6.45) is 5.95. The molecule has 0 heterocycles. The number of rotatable bonds is 12. The SMILES string of the molecule is CCCC(CCN)CCC(=O)N(CCOC)C(C)CC. The van der Waals surface area contributed by atoms with E-state index in [1.165, 1.54) is 6.42 Å². The van der Waals surface area contributed by atoms with Crippen molar-refractivity contribution >= 4 is 5.91 Å². The molecular formula is C16H34N2O2. The van der Waals surface area contributed by atoms with Crippen LogP contribution < -0.4 is 5.73 Å². The Balaban J connectivity index is 4.34. The van der Waals surface area contributed by atoms with E-state index in [0.717, 1.165) is 32.2 Å². The predicted octanol–water partition coefficient (Wildman–Crippen LogP) is 2.81. The maximum atomic E-state index is 12.4. The van der Waals surface area contributed by atoms with E-state index < -0.39 is 0 Å². The zero-order chi connectivity index (χ0) is 15.4. The van der Waals surface area contributed by atoms with Gasteiger partial charge < -0.3 is 15.4 Å². The second-order valence-corrected chi connectivity index (χ2v) is 5.61. The van der Waals surface area contributed by atoms with Gasteiger partial charge >= 0.3 is 0 Å². The Kier molecular flexibility index (Phi) is 11.8. The second-order valence-electron chi connectivity index (χ2n) is 5.61. The molecule has 0 spiro atoms. The van der Waals surface area contributed by atoms with Gasteiger partial charge in [-0.3, -0.25) is 4.79 Å². The maximum absolute atomic E-state index is 12.4. The van der Waals surface area contributed by atoms with E-state index in [1.807, 2.05) is 4.90 Å². The first-order valence-corrected chi connectivity index (χ1v) is 8.09. The van der Waals surface area contributed by atoms with Gasteiger partial charge in [0.05, 0.1) is 6.61 Å². The summed E-state index contributed by atoms with van der Waals surface area (Å²) in [5, 5.41) is 0. The molecular weight excluding hydrogens is 252 g/mol. The van der Waals surface area contributed by atoms with E-state index in [1.54, 1.807) is 7.11 Å². The number of ether oxygens (including phenoxy) is 1. The summed E-state index contributed by atoms with van der Waals surface area (Å²) in [7, 11) is 1.68. The molecule has 0 aliphatic rings. The fourth-order valence-corrected chi connectivity index (χ4v) is 2.55. The zero-order valence-electron chi connectivity index (χ0n) is 13.9. The first kappa shape index (κ1) is 19.4. The lowest BCUT2D eigenvalue weighted by molar-refractivity contribution is -0.134. The number of carbonyl (C=O) groups excluding carboxylic acids is 1. The third-order valence-corrected chi connectivity index (χ3v) is 4.02. The third-order valence-electron chi connectivity index (χ3n) is 4.02. The van der Waals surface area contributed by atoms with E-state index in [0.29, 0.717) is 25.5 Å². The Morgan fingerprint density at radius 2 is 1.95 bits per heavy atom. The van der Waals surface area contributed by atoms with Crippen molar-refractivity contribution < 1.29 is 9.53 Å². The number of carbonyl (C=O) groups is 1. The first-order valence-electron chi connectivity index (χ1n) is 8.09. The number of hydrogen-bond donors (Lipinski definition) is 1. The van der Waals surface area contributed by atoms with Crippen molar-refractivity contribution in [2.75, 3.05) is 26.8 Å². The van der Waals surface area contributed by atoms with Crippen molar-refractivity contribution in [1.82, 2.24) is 4.90 Å². The smallest absolute Gasteiger partial charge is 0.222 e. The average molecular weight is 286 g/mol. The monoisotopic (exact) mass is 286 g/mol. The summed E-state index contributed by atoms with van der Waals surface area (Å²) in [6, 6.07) is 0.289. The Morgan fingerprint density at radius 1 is 1.25 bits per heavy atom. The highest BCUT2D eigenvalue weighted by Crippen LogP contribution is 2.18. The van der Waals surface area contributed by atoms with E-state index in [-0.39, 0.29) is 11.9 Å². The first-order chi connectivity index (χ1) is 9.60. The Hall–Kier alpha value is -0.610. The van der Waals surface area contributed by atoms with Crippen LogP contribution in [-0.4, -0.2) is 43.7 Å². The number of nitrogens with two attached hydrogens (primary N) is 1. The van der Waals surface area contributed by atoms with Crippen LogP contribution in [0.2, 0.25) is 0 Å². The lowest BCUT2D eigenvalue weighted by Gasteiger charge is -2.29. The largest absolute Gasteiger partial charge is 0.383 e.